The third-order valence-corrected chi connectivity index (χ3v) is 3.72. The van der Waals surface area contributed by atoms with Gasteiger partial charge in [0.05, 0.1) is 5.56 Å². The second-order valence-corrected chi connectivity index (χ2v) is 4.96. The van der Waals surface area contributed by atoms with Gasteiger partial charge in [-0.05, 0) is 31.0 Å². The molecule has 1 amide bonds. The van der Waals surface area contributed by atoms with Gasteiger partial charge in [0.15, 0.2) is 0 Å². The van der Waals surface area contributed by atoms with Crippen LogP contribution in [0.25, 0.3) is 0 Å². The van der Waals surface area contributed by atoms with Crippen molar-refractivity contribution < 1.29 is 4.79 Å². The maximum atomic E-state index is 11.9. The number of aromatic nitrogens is 1. The van der Waals surface area contributed by atoms with Gasteiger partial charge in [0.25, 0.3) is 5.91 Å². The lowest BCUT2D eigenvalue weighted by Gasteiger charge is -2.04. The topological polar surface area (TPSA) is 42.0 Å². The van der Waals surface area contributed by atoms with E-state index < -0.39 is 0 Å². The van der Waals surface area contributed by atoms with Crippen LogP contribution in [0, 0.1) is 13.8 Å². The number of carbonyl (C=O) groups is 1. The van der Waals surface area contributed by atoms with Crippen molar-refractivity contribution in [3.8, 4) is 0 Å². The molecule has 0 aliphatic rings. The summed E-state index contributed by atoms with van der Waals surface area (Å²) in [6.07, 6.45) is 3.48. The molecule has 88 valence electrons. The van der Waals surface area contributed by atoms with Gasteiger partial charge in [-0.1, -0.05) is 6.07 Å². The molecule has 0 fully saturated rings. The van der Waals surface area contributed by atoms with E-state index in [9.17, 15) is 4.79 Å². The molecule has 4 heteroatoms. The summed E-state index contributed by atoms with van der Waals surface area (Å²) in [6, 6.07) is 3.81. The van der Waals surface area contributed by atoms with Crippen LogP contribution in [0.3, 0.4) is 0 Å². The third-order valence-electron chi connectivity index (χ3n) is 2.71. The van der Waals surface area contributed by atoms with Crippen molar-refractivity contribution in [2.45, 2.75) is 20.4 Å². The Morgan fingerprint density at radius 1 is 1.47 bits per heavy atom. The number of carbonyl (C=O) groups excluding carboxylic acids is 1. The SMILES string of the molecule is Cc1scc(C(=O)NCc2cccnc2)c1C. The Kier molecular flexibility index (Phi) is 3.54. The molecule has 0 atom stereocenters. The second kappa shape index (κ2) is 5.10. The van der Waals surface area contributed by atoms with Gasteiger partial charge >= 0.3 is 0 Å². The largest absolute Gasteiger partial charge is 0.348 e. The Labute approximate surface area is 105 Å². The highest BCUT2D eigenvalue weighted by atomic mass is 32.1. The molecule has 0 spiro atoms. The summed E-state index contributed by atoms with van der Waals surface area (Å²) in [4.78, 5) is 17.1. The Bertz CT molecular complexity index is 519. The monoisotopic (exact) mass is 246 g/mol. The summed E-state index contributed by atoms with van der Waals surface area (Å²) in [6.45, 7) is 4.52. The standard InChI is InChI=1S/C13H14N2OS/c1-9-10(2)17-8-12(9)13(16)15-7-11-4-3-5-14-6-11/h3-6,8H,7H2,1-2H3,(H,15,16). The molecular formula is C13H14N2OS. The second-order valence-electron chi connectivity index (χ2n) is 3.87. The molecule has 0 unspecified atom stereocenters. The first-order valence-corrected chi connectivity index (χ1v) is 6.28. The van der Waals surface area contributed by atoms with Crippen molar-refractivity contribution in [1.29, 1.82) is 0 Å². The molecule has 0 saturated carbocycles. The number of amides is 1. The minimum absolute atomic E-state index is 0.0179. The van der Waals surface area contributed by atoms with E-state index in [-0.39, 0.29) is 5.91 Å². The number of nitrogens with one attached hydrogen (secondary N) is 1. The van der Waals surface area contributed by atoms with Gasteiger partial charge in [-0.3, -0.25) is 9.78 Å². The Hall–Kier alpha value is -1.68. The lowest BCUT2D eigenvalue weighted by atomic mass is 10.1. The fourth-order valence-corrected chi connectivity index (χ4v) is 2.38. The van der Waals surface area contributed by atoms with Crippen molar-refractivity contribution in [3.05, 3.63) is 51.5 Å². The van der Waals surface area contributed by atoms with Gasteiger partial charge in [0, 0.05) is 29.2 Å². The van der Waals surface area contributed by atoms with Crippen LogP contribution in [-0.2, 0) is 6.54 Å². The number of hydrogen-bond donors (Lipinski definition) is 1. The van der Waals surface area contributed by atoms with Gasteiger partial charge in [-0.15, -0.1) is 11.3 Å². The lowest BCUT2D eigenvalue weighted by molar-refractivity contribution is 0.0950. The van der Waals surface area contributed by atoms with E-state index >= 15 is 0 Å². The molecule has 0 radical (unpaired) electrons. The highest BCUT2D eigenvalue weighted by Gasteiger charge is 2.11. The number of thiophene rings is 1. The van der Waals surface area contributed by atoms with E-state index in [1.54, 1.807) is 23.7 Å². The molecule has 0 bridgehead atoms. The molecule has 17 heavy (non-hydrogen) atoms. The van der Waals surface area contributed by atoms with Crippen LogP contribution in [0.15, 0.2) is 29.9 Å². The minimum atomic E-state index is -0.0179. The van der Waals surface area contributed by atoms with Crippen LogP contribution in [0.1, 0.15) is 26.4 Å². The van der Waals surface area contributed by atoms with Crippen LogP contribution >= 0.6 is 11.3 Å². The molecule has 0 aliphatic heterocycles. The van der Waals surface area contributed by atoms with E-state index in [0.29, 0.717) is 6.54 Å². The quantitative estimate of drug-likeness (QED) is 0.904. The molecule has 0 aliphatic carbocycles. The van der Waals surface area contributed by atoms with E-state index in [1.807, 2.05) is 31.4 Å². The fraction of sp³-hybridized carbons (Fsp3) is 0.231. The molecule has 0 saturated heterocycles. The Morgan fingerprint density at radius 2 is 2.29 bits per heavy atom. The number of pyridine rings is 1. The molecule has 2 aromatic rings. The summed E-state index contributed by atoms with van der Waals surface area (Å²) < 4.78 is 0. The fourth-order valence-electron chi connectivity index (χ4n) is 1.52. The van der Waals surface area contributed by atoms with Crippen molar-refractivity contribution in [1.82, 2.24) is 10.3 Å². The molecule has 2 aromatic heterocycles. The van der Waals surface area contributed by atoms with Crippen LogP contribution < -0.4 is 5.32 Å². The average molecular weight is 246 g/mol. The predicted molar refractivity (Wildman–Crippen MR) is 69.2 cm³/mol. The summed E-state index contributed by atoms with van der Waals surface area (Å²) >= 11 is 1.61. The third kappa shape index (κ3) is 2.71. The van der Waals surface area contributed by atoms with Gasteiger partial charge in [-0.2, -0.15) is 0 Å². The summed E-state index contributed by atoms with van der Waals surface area (Å²) in [5, 5.41) is 4.80. The summed E-state index contributed by atoms with van der Waals surface area (Å²) in [5.41, 5.74) is 2.85. The van der Waals surface area contributed by atoms with Crippen molar-refractivity contribution in [2.75, 3.05) is 0 Å². The van der Waals surface area contributed by atoms with E-state index in [4.69, 9.17) is 0 Å². The first-order chi connectivity index (χ1) is 8.18. The Balaban J connectivity index is 2.01. The molecule has 2 rings (SSSR count). The average Bonchev–Trinajstić information content (AvgIpc) is 2.69. The van der Waals surface area contributed by atoms with Gasteiger partial charge < -0.3 is 5.32 Å². The zero-order valence-corrected chi connectivity index (χ0v) is 10.7. The summed E-state index contributed by atoms with van der Waals surface area (Å²) in [7, 11) is 0. The maximum absolute atomic E-state index is 11.9. The first kappa shape index (κ1) is 11.8. The van der Waals surface area contributed by atoms with E-state index in [1.165, 1.54) is 4.88 Å². The molecule has 1 N–H and O–H groups in total. The zero-order valence-electron chi connectivity index (χ0n) is 9.86. The van der Waals surface area contributed by atoms with Crippen LogP contribution in [0.5, 0.6) is 0 Å². The van der Waals surface area contributed by atoms with Crippen LogP contribution in [-0.4, -0.2) is 10.9 Å². The van der Waals surface area contributed by atoms with Gasteiger partial charge in [0.1, 0.15) is 0 Å². The van der Waals surface area contributed by atoms with Crippen molar-refractivity contribution in [2.24, 2.45) is 0 Å². The molecule has 0 aromatic carbocycles. The highest BCUT2D eigenvalue weighted by molar-refractivity contribution is 7.10. The minimum Gasteiger partial charge on any atom is -0.348 e. The predicted octanol–water partition coefficient (Wildman–Crippen LogP) is 2.69. The van der Waals surface area contributed by atoms with Crippen LogP contribution in [0.2, 0.25) is 0 Å². The number of rotatable bonds is 3. The zero-order chi connectivity index (χ0) is 12.3. The normalized spacial score (nSPS) is 10.2. The maximum Gasteiger partial charge on any atom is 0.252 e. The van der Waals surface area contributed by atoms with Gasteiger partial charge in [0.2, 0.25) is 0 Å². The highest BCUT2D eigenvalue weighted by Crippen LogP contribution is 2.20. The smallest absolute Gasteiger partial charge is 0.252 e. The summed E-state index contributed by atoms with van der Waals surface area (Å²) in [5.74, 6) is -0.0179. The number of nitrogens with zero attached hydrogens (tertiary/aromatic N) is 1. The van der Waals surface area contributed by atoms with E-state index in [0.717, 1.165) is 16.7 Å². The number of aryl methyl sites for hydroxylation is 1. The number of hydrogen-bond acceptors (Lipinski definition) is 3. The Morgan fingerprint density at radius 3 is 2.88 bits per heavy atom. The van der Waals surface area contributed by atoms with Crippen molar-refractivity contribution >= 4 is 17.2 Å². The van der Waals surface area contributed by atoms with Gasteiger partial charge in [-0.25, -0.2) is 0 Å². The van der Waals surface area contributed by atoms with E-state index in [2.05, 4.69) is 10.3 Å². The van der Waals surface area contributed by atoms with Crippen LogP contribution in [0.4, 0.5) is 0 Å². The first-order valence-electron chi connectivity index (χ1n) is 5.40. The molecular weight excluding hydrogens is 232 g/mol. The molecule has 3 nitrogen and oxygen atoms in total. The van der Waals surface area contributed by atoms with Crippen molar-refractivity contribution in [3.63, 3.8) is 0 Å². The lowest BCUT2D eigenvalue weighted by Crippen LogP contribution is -2.23. The molecule has 2 heterocycles.